The zero-order valence-electron chi connectivity index (χ0n) is 9.67. The third-order valence-electron chi connectivity index (χ3n) is 2.19. The fourth-order valence-electron chi connectivity index (χ4n) is 1.34. The highest BCUT2D eigenvalue weighted by Gasteiger charge is 2.18. The molecule has 0 aliphatic rings. The molecule has 0 atom stereocenters. The average Bonchev–Trinajstić information content (AvgIpc) is 2.32. The number of rotatable bonds is 6. The maximum atomic E-state index is 11.7. The predicted molar refractivity (Wildman–Crippen MR) is 64.1 cm³/mol. The van der Waals surface area contributed by atoms with Crippen molar-refractivity contribution in [3.05, 3.63) is 37.1 Å². The molecule has 18 heavy (non-hydrogen) atoms. The van der Waals surface area contributed by atoms with Crippen LogP contribution in [0.15, 0.2) is 15.8 Å². The number of nitrogens with zero attached hydrogens (tertiary/aromatic N) is 3. The van der Waals surface area contributed by atoms with Gasteiger partial charge in [-0.05, 0) is 0 Å². The van der Waals surface area contributed by atoms with Crippen molar-refractivity contribution in [1.82, 2.24) is 9.13 Å². The Morgan fingerprint density at radius 1 is 1.44 bits per heavy atom. The van der Waals surface area contributed by atoms with Gasteiger partial charge in [-0.15, -0.1) is 11.6 Å². The number of halogens is 1. The molecule has 0 N–H and O–H groups in total. The van der Waals surface area contributed by atoms with Gasteiger partial charge in [0.1, 0.15) is 0 Å². The molecular weight excluding hydrogens is 266 g/mol. The van der Waals surface area contributed by atoms with Crippen molar-refractivity contribution in [2.45, 2.75) is 6.54 Å². The number of hydrogen-bond donors (Lipinski definition) is 0. The summed E-state index contributed by atoms with van der Waals surface area (Å²) < 4.78 is 6.78. The van der Waals surface area contributed by atoms with E-state index in [0.29, 0.717) is 5.88 Å². The fraction of sp³-hybridized carbons (Fsp3) is 0.556. The second-order valence-corrected chi connectivity index (χ2v) is 3.80. The van der Waals surface area contributed by atoms with Gasteiger partial charge in [0.2, 0.25) is 0 Å². The Balaban J connectivity index is 3.06. The van der Waals surface area contributed by atoms with Crippen molar-refractivity contribution in [1.29, 1.82) is 0 Å². The highest BCUT2D eigenvalue weighted by Crippen LogP contribution is 1.99. The summed E-state index contributed by atoms with van der Waals surface area (Å²) in [7, 11) is 1.34. The Kier molecular flexibility index (Phi) is 5.05. The van der Waals surface area contributed by atoms with E-state index in [4.69, 9.17) is 16.3 Å². The maximum Gasteiger partial charge on any atom is 0.350 e. The van der Waals surface area contributed by atoms with Crippen molar-refractivity contribution < 1.29 is 9.66 Å². The number of aromatic nitrogens is 2. The molecule has 1 aromatic heterocycles. The monoisotopic (exact) mass is 277 g/mol. The largest absolute Gasteiger partial charge is 0.378 e. The van der Waals surface area contributed by atoms with Crippen LogP contribution in [0.25, 0.3) is 0 Å². The standard InChI is InChI=1S/C9H12ClN3O5/c1-11-6-7(13(16)17)8(14)12(9(11)15)3-5-18-4-2-10/h6H,2-5H2,1H3. The number of ether oxygens (including phenoxy) is 1. The minimum atomic E-state index is -0.933. The molecule has 0 fully saturated rings. The molecule has 0 aliphatic carbocycles. The number of hydrogen-bond acceptors (Lipinski definition) is 5. The normalized spacial score (nSPS) is 10.6. The topological polar surface area (TPSA) is 96.4 Å². The second kappa shape index (κ2) is 6.31. The minimum Gasteiger partial charge on any atom is -0.378 e. The molecule has 100 valence electrons. The van der Waals surface area contributed by atoms with E-state index in [1.165, 1.54) is 7.05 Å². The van der Waals surface area contributed by atoms with Gasteiger partial charge in [0.05, 0.1) is 30.9 Å². The quantitative estimate of drug-likeness (QED) is 0.308. The third-order valence-corrected chi connectivity index (χ3v) is 2.34. The van der Waals surface area contributed by atoms with E-state index in [-0.39, 0.29) is 19.8 Å². The molecule has 1 aromatic rings. The van der Waals surface area contributed by atoms with Crippen molar-refractivity contribution in [3.63, 3.8) is 0 Å². The van der Waals surface area contributed by atoms with Crippen LogP contribution in [0, 0.1) is 10.1 Å². The Morgan fingerprint density at radius 3 is 2.67 bits per heavy atom. The molecular formula is C9H12ClN3O5. The Morgan fingerprint density at radius 2 is 2.11 bits per heavy atom. The van der Waals surface area contributed by atoms with Crippen molar-refractivity contribution in [2.75, 3.05) is 19.1 Å². The number of aryl methyl sites for hydroxylation is 1. The summed E-state index contributed by atoms with van der Waals surface area (Å²) in [5.74, 6) is 0.293. The zero-order valence-corrected chi connectivity index (χ0v) is 10.4. The van der Waals surface area contributed by atoms with Gasteiger partial charge in [0.15, 0.2) is 0 Å². The molecule has 0 spiro atoms. The van der Waals surface area contributed by atoms with Crippen LogP contribution in [0.3, 0.4) is 0 Å². The molecule has 0 aromatic carbocycles. The molecule has 1 heterocycles. The summed E-state index contributed by atoms with van der Waals surface area (Å²) in [5, 5.41) is 10.6. The molecule has 0 saturated carbocycles. The first-order valence-corrected chi connectivity index (χ1v) is 5.61. The zero-order chi connectivity index (χ0) is 13.7. The SMILES string of the molecule is Cn1cc([N+](=O)[O-])c(=O)n(CCOCCCl)c1=O. The lowest BCUT2D eigenvalue weighted by Crippen LogP contribution is -2.40. The molecule has 0 unspecified atom stereocenters. The Hall–Kier alpha value is -1.67. The van der Waals surface area contributed by atoms with E-state index in [1.807, 2.05) is 0 Å². The molecule has 0 bridgehead atoms. The van der Waals surface area contributed by atoms with Gasteiger partial charge in [0.25, 0.3) is 0 Å². The van der Waals surface area contributed by atoms with Crippen LogP contribution >= 0.6 is 11.6 Å². The molecule has 9 heteroatoms. The van der Waals surface area contributed by atoms with E-state index >= 15 is 0 Å². The molecule has 0 aliphatic heterocycles. The highest BCUT2D eigenvalue weighted by atomic mass is 35.5. The maximum absolute atomic E-state index is 11.7. The van der Waals surface area contributed by atoms with E-state index < -0.39 is 21.9 Å². The minimum absolute atomic E-state index is 0.0515. The molecule has 0 radical (unpaired) electrons. The lowest BCUT2D eigenvalue weighted by Gasteiger charge is -2.06. The Bertz CT molecular complexity index is 550. The third kappa shape index (κ3) is 3.17. The van der Waals surface area contributed by atoms with Gasteiger partial charge in [-0.1, -0.05) is 0 Å². The van der Waals surface area contributed by atoms with E-state index in [1.54, 1.807) is 0 Å². The summed E-state index contributed by atoms with van der Waals surface area (Å²) in [6.45, 7) is 0.318. The molecule has 8 nitrogen and oxygen atoms in total. The van der Waals surface area contributed by atoms with Gasteiger partial charge in [0, 0.05) is 12.9 Å². The smallest absolute Gasteiger partial charge is 0.350 e. The second-order valence-electron chi connectivity index (χ2n) is 3.42. The van der Waals surface area contributed by atoms with Crippen LogP contribution in [0.4, 0.5) is 5.69 Å². The van der Waals surface area contributed by atoms with Crippen LogP contribution in [-0.4, -0.2) is 33.2 Å². The van der Waals surface area contributed by atoms with Crippen LogP contribution in [0.1, 0.15) is 0 Å². The summed E-state index contributed by atoms with van der Waals surface area (Å²) in [6.07, 6.45) is 0.904. The van der Waals surface area contributed by atoms with Crippen molar-refractivity contribution in [2.24, 2.45) is 7.05 Å². The van der Waals surface area contributed by atoms with Crippen LogP contribution < -0.4 is 11.2 Å². The molecule has 0 amide bonds. The van der Waals surface area contributed by atoms with Crippen molar-refractivity contribution >= 4 is 17.3 Å². The lowest BCUT2D eigenvalue weighted by atomic mass is 10.5. The van der Waals surface area contributed by atoms with Crippen LogP contribution in [-0.2, 0) is 18.3 Å². The fourth-order valence-corrected chi connectivity index (χ4v) is 1.45. The van der Waals surface area contributed by atoms with Gasteiger partial charge in [-0.2, -0.15) is 0 Å². The van der Waals surface area contributed by atoms with Gasteiger partial charge in [-0.25, -0.2) is 4.79 Å². The summed E-state index contributed by atoms with van der Waals surface area (Å²) in [5.41, 5.74) is -2.20. The first-order chi connectivity index (χ1) is 8.49. The number of nitro groups is 1. The summed E-state index contributed by atoms with van der Waals surface area (Å²) in [4.78, 5) is 33.1. The van der Waals surface area contributed by atoms with Gasteiger partial charge in [-0.3, -0.25) is 24.0 Å². The highest BCUT2D eigenvalue weighted by molar-refractivity contribution is 6.17. The first kappa shape index (κ1) is 14.4. The van der Waals surface area contributed by atoms with E-state index in [9.17, 15) is 19.7 Å². The van der Waals surface area contributed by atoms with Gasteiger partial charge < -0.3 is 4.74 Å². The summed E-state index contributed by atoms with van der Waals surface area (Å²) >= 11 is 5.39. The van der Waals surface area contributed by atoms with E-state index in [0.717, 1.165) is 15.3 Å². The summed E-state index contributed by atoms with van der Waals surface area (Å²) in [6, 6.07) is 0. The van der Waals surface area contributed by atoms with E-state index in [2.05, 4.69) is 0 Å². The van der Waals surface area contributed by atoms with Gasteiger partial charge >= 0.3 is 16.9 Å². The van der Waals surface area contributed by atoms with Crippen molar-refractivity contribution in [3.8, 4) is 0 Å². The number of alkyl halides is 1. The lowest BCUT2D eigenvalue weighted by molar-refractivity contribution is -0.387. The molecule has 0 saturated heterocycles. The Labute approximate surface area is 107 Å². The predicted octanol–water partition coefficient (Wildman–Crippen LogP) is -0.289. The average molecular weight is 278 g/mol. The first-order valence-electron chi connectivity index (χ1n) is 5.07. The van der Waals surface area contributed by atoms with Crippen LogP contribution in [0.2, 0.25) is 0 Å². The molecule has 1 rings (SSSR count). The van der Waals surface area contributed by atoms with Crippen LogP contribution in [0.5, 0.6) is 0 Å².